The highest BCUT2D eigenvalue weighted by Crippen LogP contribution is 2.41. The maximum atomic E-state index is 13.5. The van der Waals surface area contributed by atoms with E-state index >= 15 is 0 Å². The van der Waals surface area contributed by atoms with Crippen molar-refractivity contribution in [3.63, 3.8) is 0 Å². The molecule has 0 saturated carbocycles. The average Bonchev–Trinajstić information content (AvgIpc) is 3.02. The van der Waals surface area contributed by atoms with Gasteiger partial charge in [0.1, 0.15) is 5.58 Å². The lowest BCUT2D eigenvalue weighted by Gasteiger charge is -2.25. The Morgan fingerprint density at radius 3 is 2.71 bits per heavy atom. The Labute approximate surface area is 183 Å². The van der Waals surface area contributed by atoms with Crippen LogP contribution >= 0.6 is 11.6 Å². The zero-order valence-corrected chi connectivity index (χ0v) is 18.2. The molecule has 0 bridgehead atoms. The molecule has 0 fully saturated rings. The molecule has 162 valence electrons. The molecule has 0 unspecified atom stereocenters. The highest BCUT2D eigenvalue weighted by Gasteiger charge is 2.42. The zero-order chi connectivity index (χ0) is 22.3. The number of fused-ring (bicyclic) bond motifs is 2. The van der Waals surface area contributed by atoms with Crippen molar-refractivity contribution in [3.8, 4) is 11.5 Å². The van der Waals surface area contributed by atoms with Crippen molar-refractivity contribution in [1.29, 1.82) is 0 Å². The fourth-order valence-electron chi connectivity index (χ4n) is 3.88. The monoisotopic (exact) mass is 443 g/mol. The summed E-state index contributed by atoms with van der Waals surface area (Å²) in [5.74, 6) is -0.135. The zero-order valence-electron chi connectivity index (χ0n) is 17.4. The second-order valence-corrected chi connectivity index (χ2v) is 7.73. The number of hydrogen-bond acceptors (Lipinski definition) is 6. The quantitative estimate of drug-likeness (QED) is 0.618. The lowest BCUT2D eigenvalue weighted by molar-refractivity contribution is 0.0663. The minimum absolute atomic E-state index is 0.00589. The minimum Gasteiger partial charge on any atom is -0.504 e. The van der Waals surface area contributed by atoms with E-state index in [1.807, 2.05) is 0 Å². The van der Waals surface area contributed by atoms with Gasteiger partial charge in [-0.3, -0.25) is 9.59 Å². The van der Waals surface area contributed by atoms with Gasteiger partial charge in [0.25, 0.3) is 5.91 Å². The van der Waals surface area contributed by atoms with Gasteiger partial charge < -0.3 is 23.9 Å². The summed E-state index contributed by atoms with van der Waals surface area (Å²) in [4.78, 5) is 28.3. The van der Waals surface area contributed by atoms with E-state index in [0.717, 1.165) is 5.56 Å². The van der Waals surface area contributed by atoms with E-state index in [0.29, 0.717) is 28.2 Å². The molecule has 1 aliphatic rings. The van der Waals surface area contributed by atoms with Gasteiger partial charge in [0.15, 0.2) is 16.9 Å². The van der Waals surface area contributed by atoms with E-state index in [9.17, 15) is 14.7 Å². The summed E-state index contributed by atoms with van der Waals surface area (Å²) in [6.45, 7) is 4.50. The summed E-state index contributed by atoms with van der Waals surface area (Å²) in [6.07, 6.45) is 0. The summed E-state index contributed by atoms with van der Waals surface area (Å²) in [7, 11) is 1.54. The fourth-order valence-corrected chi connectivity index (χ4v) is 4.04. The molecule has 1 aromatic heterocycles. The van der Waals surface area contributed by atoms with Gasteiger partial charge >= 0.3 is 0 Å². The van der Waals surface area contributed by atoms with Crippen LogP contribution in [0.5, 0.6) is 11.5 Å². The van der Waals surface area contributed by atoms with E-state index < -0.39 is 11.9 Å². The number of carbonyl (C=O) groups excluding carboxylic acids is 1. The van der Waals surface area contributed by atoms with Crippen molar-refractivity contribution < 1.29 is 23.8 Å². The molecular formula is C23H22ClNO6. The summed E-state index contributed by atoms with van der Waals surface area (Å²) in [6, 6.07) is 7.31. The number of rotatable bonds is 6. The van der Waals surface area contributed by atoms with E-state index in [1.54, 1.807) is 45.2 Å². The third-order valence-corrected chi connectivity index (χ3v) is 5.79. The van der Waals surface area contributed by atoms with Gasteiger partial charge in [-0.2, -0.15) is 0 Å². The maximum absolute atomic E-state index is 13.5. The first-order chi connectivity index (χ1) is 14.9. The van der Waals surface area contributed by atoms with Crippen LogP contribution in [0, 0.1) is 6.92 Å². The van der Waals surface area contributed by atoms with Crippen LogP contribution in [-0.4, -0.2) is 42.8 Å². The largest absolute Gasteiger partial charge is 0.504 e. The molecule has 4 rings (SSSR count). The van der Waals surface area contributed by atoms with Crippen LogP contribution in [0.2, 0.25) is 5.02 Å². The summed E-state index contributed by atoms with van der Waals surface area (Å²) >= 11 is 6.24. The van der Waals surface area contributed by atoms with Gasteiger partial charge in [-0.05, 0) is 49.2 Å². The Kier molecular flexibility index (Phi) is 5.64. The van der Waals surface area contributed by atoms with Crippen LogP contribution in [0.15, 0.2) is 39.5 Å². The number of aromatic hydroxyl groups is 1. The summed E-state index contributed by atoms with van der Waals surface area (Å²) in [5, 5.41) is 10.8. The fraction of sp³-hybridized carbons (Fsp3) is 0.304. The van der Waals surface area contributed by atoms with Crippen LogP contribution in [-0.2, 0) is 4.74 Å². The molecular weight excluding hydrogens is 422 g/mol. The molecule has 0 radical (unpaired) electrons. The Morgan fingerprint density at radius 2 is 2.00 bits per heavy atom. The number of ether oxygens (including phenoxy) is 2. The second kappa shape index (κ2) is 8.24. The predicted octanol–water partition coefficient (Wildman–Crippen LogP) is 4.05. The number of phenols is 1. The first kappa shape index (κ1) is 21.2. The van der Waals surface area contributed by atoms with Gasteiger partial charge in [0, 0.05) is 18.7 Å². The molecule has 2 aromatic carbocycles. The van der Waals surface area contributed by atoms with Crippen molar-refractivity contribution in [2.24, 2.45) is 0 Å². The summed E-state index contributed by atoms with van der Waals surface area (Å²) in [5.41, 5.74) is 1.60. The van der Waals surface area contributed by atoms with Crippen molar-refractivity contribution in [2.75, 3.05) is 26.9 Å². The van der Waals surface area contributed by atoms with Gasteiger partial charge in [-0.15, -0.1) is 0 Å². The smallest absolute Gasteiger partial charge is 0.290 e. The highest BCUT2D eigenvalue weighted by molar-refractivity contribution is 6.32. The van der Waals surface area contributed by atoms with Crippen molar-refractivity contribution in [1.82, 2.24) is 4.90 Å². The Morgan fingerprint density at radius 1 is 1.23 bits per heavy atom. The normalized spacial score (nSPS) is 15.5. The maximum Gasteiger partial charge on any atom is 0.290 e. The van der Waals surface area contributed by atoms with Gasteiger partial charge in [0.05, 0.1) is 30.2 Å². The van der Waals surface area contributed by atoms with Crippen molar-refractivity contribution in [3.05, 3.63) is 68.0 Å². The van der Waals surface area contributed by atoms with Gasteiger partial charge in [0.2, 0.25) is 5.76 Å². The van der Waals surface area contributed by atoms with Crippen LogP contribution < -0.4 is 10.2 Å². The predicted molar refractivity (Wildman–Crippen MR) is 116 cm³/mol. The lowest BCUT2D eigenvalue weighted by atomic mass is 9.98. The van der Waals surface area contributed by atoms with Crippen LogP contribution in [0.25, 0.3) is 11.0 Å². The van der Waals surface area contributed by atoms with Crippen LogP contribution in [0.3, 0.4) is 0 Å². The molecule has 1 amide bonds. The molecule has 1 N–H and O–H groups in total. The Balaban J connectivity index is 1.97. The van der Waals surface area contributed by atoms with E-state index in [2.05, 4.69) is 0 Å². The molecule has 31 heavy (non-hydrogen) atoms. The molecule has 0 aliphatic carbocycles. The molecule has 2 heterocycles. The lowest BCUT2D eigenvalue weighted by Crippen LogP contribution is -2.32. The number of amides is 1. The first-order valence-electron chi connectivity index (χ1n) is 9.89. The second-order valence-electron chi connectivity index (χ2n) is 7.33. The number of phenolic OH excluding ortho intramolecular Hbond substituents is 1. The standard InChI is InChI=1S/C23H22ClNO6/c1-4-30-18-10-13(5-6-16(18)26)20-19-21(27)14-11-15(24)12(2)9-17(14)31-22(19)23(28)25(20)7-8-29-3/h5-6,9-11,20,26H,4,7-8H2,1-3H3/t20-/m1/s1. The SMILES string of the molecule is CCOc1cc([C@@H]2c3c(oc4cc(C)c(Cl)cc4c3=O)C(=O)N2CCOC)ccc1O. The number of halogens is 1. The molecule has 1 atom stereocenters. The summed E-state index contributed by atoms with van der Waals surface area (Å²) < 4.78 is 16.6. The third-order valence-electron chi connectivity index (χ3n) is 5.38. The molecule has 8 heteroatoms. The molecule has 7 nitrogen and oxygen atoms in total. The van der Waals surface area contributed by atoms with Crippen LogP contribution in [0.4, 0.5) is 0 Å². The van der Waals surface area contributed by atoms with Crippen molar-refractivity contribution in [2.45, 2.75) is 19.9 Å². The molecule has 0 spiro atoms. The molecule has 3 aromatic rings. The van der Waals surface area contributed by atoms with Crippen molar-refractivity contribution >= 4 is 28.5 Å². The topological polar surface area (TPSA) is 89.2 Å². The number of nitrogens with zero attached hydrogens (tertiary/aromatic N) is 1. The number of hydrogen-bond donors (Lipinski definition) is 1. The number of aryl methyl sites for hydroxylation is 1. The van der Waals surface area contributed by atoms with Gasteiger partial charge in [-0.1, -0.05) is 17.7 Å². The van der Waals surface area contributed by atoms with E-state index in [1.165, 1.54) is 11.0 Å². The van der Waals surface area contributed by atoms with E-state index in [4.69, 9.17) is 25.5 Å². The third kappa shape index (κ3) is 3.54. The molecule has 1 aliphatic heterocycles. The molecule has 0 saturated heterocycles. The minimum atomic E-state index is -0.710. The van der Waals surface area contributed by atoms with Gasteiger partial charge in [-0.25, -0.2) is 0 Å². The van der Waals surface area contributed by atoms with E-state index in [-0.39, 0.29) is 41.4 Å². The first-order valence-corrected chi connectivity index (χ1v) is 10.3. The number of methoxy groups -OCH3 is 1. The van der Waals surface area contributed by atoms with Crippen LogP contribution in [0.1, 0.15) is 40.2 Å². The highest BCUT2D eigenvalue weighted by atomic mass is 35.5. The Hall–Kier alpha value is -3.03. The average molecular weight is 444 g/mol. The number of benzene rings is 2. The number of carbonyl (C=O) groups is 1. The Bertz CT molecular complexity index is 1230.